The first-order chi connectivity index (χ1) is 9.65. The Labute approximate surface area is 116 Å². The maximum absolute atomic E-state index is 12.2. The quantitative estimate of drug-likeness (QED) is 0.800. The fraction of sp³-hybridized carbons (Fsp3) is 0.333. The minimum Gasteiger partial charge on any atom is -0.481 e. The van der Waals surface area contributed by atoms with Crippen LogP contribution in [0, 0.1) is 5.92 Å². The van der Waals surface area contributed by atoms with Crippen molar-refractivity contribution in [1.29, 1.82) is 0 Å². The van der Waals surface area contributed by atoms with Crippen LogP contribution in [0.5, 0.6) is 0 Å². The first kappa shape index (κ1) is 12.7. The number of carbonyl (C=O) groups excluding carboxylic acids is 1. The molecule has 104 valence electrons. The zero-order valence-corrected chi connectivity index (χ0v) is 10.9. The van der Waals surface area contributed by atoms with Gasteiger partial charge in [0.15, 0.2) is 0 Å². The van der Waals surface area contributed by atoms with Crippen molar-refractivity contribution in [3.05, 3.63) is 36.0 Å². The number of H-pyrrole nitrogens is 1. The zero-order valence-electron chi connectivity index (χ0n) is 10.9. The van der Waals surface area contributed by atoms with Gasteiger partial charge >= 0.3 is 5.97 Å². The van der Waals surface area contributed by atoms with E-state index in [4.69, 9.17) is 5.11 Å². The second-order valence-corrected chi connectivity index (χ2v) is 5.24. The van der Waals surface area contributed by atoms with Gasteiger partial charge in [-0.3, -0.25) is 9.59 Å². The number of hydrogen-bond acceptors (Lipinski definition) is 2. The smallest absolute Gasteiger partial charge is 0.308 e. The number of carbonyl (C=O) groups is 2. The maximum atomic E-state index is 12.2. The molecule has 1 amide bonds. The molecule has 0 radical (unpaired) electrons. The number of carboxylic acid groups (broad SMARTS) is 1. The largest absolute Gasteiger partial charge is 0.481 e. The lowest BCUT2D eigenvalue weighted by Crippen LogP contribution is -2.40. The fourth-order valence-electron chi connectivity index (χ4n) is 2.87. The van der Waals surface area contributed by atoms with E-state index in [2.05, 4.69) is 10.3 Å². The Bertz CT molecular complexity index is 662. The van der Waals surface area contributed by atoms with E-state index >= 15 is 0 Å². The van der Waals surface area contributed by atoms with Gasteiger partial charge in [-0.1, -0.05) is 12.5 Å². The summed E-state index contributed by atoms with van der Waals surface area (Å²) in [5, 5.41) is 13.0. The summed E-state index contributed by atoms with van der Waals surface area (Å²) in [4.78, 5) is 26.4. The van der Waals surface area contributed by atoms with Crippen molar-refractivity contribution in [3.8, 4) is 0 Å². The lowest BCUT2D eigenvalue weighted by atomic mass is 10.0. The topological polar surface area (TPSA) is 82.2 Å². The van der Waals surface area contributed by atoms with Gasteiger partial charge in [0.1, 0.15) is 0 Å². The third-order valence-corrected chi connectivity index (χ3v) is 3.97. The number of aliphatic carboxylic acids is 1. The molecular formula is C15H16N2O3. The van der Waals surface area contributed by atoms with Gasteiger partial charge in [0, 0.05) is 23.3 Å². The van der Waals surface area contributed by atoms with Crippen LogP contribution in [0.1, 0.15) is 29.6 Å². The van der Waals surface area contributed by atoms with E-state index in [1.54, 1.807) is 12.1 Å². The van der Waals surface area contributed by atoms with Gasteiger partial charge in [-0.15, -0.1) is 0 Å². The average molecular weight is 272 g/mol. The number of hydrogen-bond donors (Lipinski definition) is 3. The zero-order chi connectivity index (χ0) is 14.1. The number of aromatic nitrogens is 1. The third-order valence-electron chi connectivity index (χ3n) is 3.97. The van der Waals surface area contributed by atoms with E-state index in [-0.39, 0.29) is 11.9 Å². The van der Waals surface area contributed by atoms with Crippen LogP contribution in [0.4, 0.5) is 0 Å². The summed E-state index contributed by atoms with van der Waals surface area (Å²) in [5.74, 6) is -1.50. The molecule has 2 unspecified atom stereocenters. The molecule has 2 atom stereocenters. The SMILES string of the molecule is O=C(NC1CCCC1C(=O)O)c1ccc2cc[nH]c2c1. The molecule has 1 aromatic heterocycles. The second kappa shape index (κ2) is 5.00. The molecule has 1 aliphatic carbocycles. The Morgan fingerprint density at radius 3 is 2.90 bits per heavy atom. The number of aromatic amines is 1. The Morgan fingerprint density at radius 2 is 2.10 bits per heavy atom. The Kier molecular flexibility index (Phi) is 3.18. The van der Waals surface area contributed by atoms with E-state index in [0.717, 1.165) is 23.7 Å². The van der Waals surface area contributed by atoms with E-state index < -0.39 is 11.9 Å². The molecule has 0 spiro atoms. The average Bonchev–Trinajstić information content (AvgIpc) is 3.05. The predicted octanol–water partition coefficient (Wildman–Crippen LogP) is 2.15. The molecular weight excluding hydrogens is 256 g/mol. The summed E-state index contributed by atoms with van der Waals surface area (Å²) in [6.07, 6.45) is 4.03. The highest BCUT2D eigenvalue weighted by molar-refractivity contribution is 5.98. The highest BCUT2D eigenvalue weighted by Crippen LogP contribution is 2.26. The van der Waals surface area contributed by atoms with E-state index in [9.17, 15) is 9.59 Å². The third kappa shape index (κ3) is 2.27. The van der Waals surface area contributed by atoms with Gasteiger partial charge < -0.3 is 15.4 Å². The molecule has 3 rings (SSSR count). The van der Waals surface area contributed by atoms with Crippen LogP contribution in [-0.2, 0) is 4.79 Å². The van der Waals surface area contributed by atoms with Gasteiger partial charge in [-0.25, -0.2) is 0 Å². The molecule has 20 heavy (non-hydrogen) atoms. The molecule has 1 fully saturated rings. The number of rotatable bonds is 3. The van der Waals surface area contributed by atoms with Crippen LogP contribution in [-0.4, -0.2) is 28.0 Å². The number of fused-ring (bicyclic) bond motifs is 1. The number of amides is 1. The fourth-order valence-corrected chi connectivity index (χ4v) is 2.87. The molecule has 0 saturated heterocycles. The molecule has 1 aromatic carbocycles. The van der Waals surface area contributed by atoms with Crippen molar-refractivity contribution in [2.45, 2.75) is 25.3 Å². The summed E-state index contributed by atoms with van der Waals surface area (Å²) in [6.45, 7) is 0. The van der Waals surface area contributed by atoms with Crippen LogP contribution in [0.3, 0.4) is 0 Å². The van der Waals surface area contributed by atoms with Gasteiger partial charge in [-0.05, 0) is 36.4 Å². The highest BCUT2D eigenvalue weighted by atomic mass is 16.4. The summed E-state index contributed by atoms with van der Waals surface area (Å²) in [7, 11) is 0. The summed E-state index contributed by atoms with van der Waals surface area (Å²) < 4.78 is 0. The predicted molar refractivity (Wildman–Crippen MR) is 74.5 cm³/mol. The minimum atomic E-state index is -0.826. The van der Waals surface area contributed by atoms with Crippen molar-refractivity contribution in [1.82, 2.24) is 10.3 Å². The lowest BCUT2D eigenvalue weighted by molar-refractivity contribution is -0.142. The Morgan fingerprint density at radius 1 is 1.25 bits per heavy atom. The van der Waals surface area contributed by atoms with Crippen LogP contribution in [0.2, 0.25) is 0 Å². The highest BCUT2D eigenvalue weighted by Gasteiger charge is 2.33. The molecule has 1 heterocycles. The van der Waals surface area contributed by atoms with Gasteiger partial charge in [0.25, 0.3) is 5.91 Å². The standard InChI is InChI=1S/C15H16N2O3/c18-14(17-12-3-1-2-11(12)15(19)20)10-5-4-9-6-7-16-13(9)8-10/h4-8,11-12,16H,1-3H2,(H,17,18)(H,19,20). The number of nitrogens with one attached hydrogen (secondary N) is 2. The molecule has 5 heteroatoms. The normalized spacial score (nSPS) is 22.0. The lowest BCUT2D eigenvalue weighted by Gasteiger charge is -2.17. The Balaban J connectivity index is 1.77. The van der Waals surface area contributed by atoms with Crippen molar-refractivity contribution >= 4 is 22.8 Å². The summed E-state index contributed by atoms with van der Waals surface area (Å²) in [6, 6.07) is 7.10. The van der Waals surface area contributed by atoms with E-state index in [0.29, 0.717) is 12.0 Å². The van der Waals surface area contributed by atoms with E-state index in [1.807, 2.05) is 18.3 Å². The molecule has 3 N–H and O–H groups in total. The van der Waals surface area contributed by atoms with Crippen molar-refractivity contribution < 1.29 is 14.7 Å². The van der Waals surface area contributed by atoms with Crippen LogP contribution >= 0.6 is 0 Å². The molecule has 5 nitrogen and oxygen atoms in total. The van der Waals surface area contributed by atoms with Gasteiger partial charge in [0.2, 0.25) is 0 Å². The molecule has 0 bridgehead atoms. The first-order valence-electron chi connectivity index (χ1n) is 6.76. The summed E-state index contributed by atoms with van der Waals surface area (Å²) >= 11 is 0. The Hall–Kier alpha value is -2.30. The van der Waals surface area contributed by atoms with Crippen LogP contribution in [0.15, 0.2) is 30.5 Å². The number of carboxylic acids is 1. The second-order valence-electron chi connectivity index (χ2n) is 5.24. The van der Waals surface area contributed by atoms with Crippen molar-refractivity contribution in [2.75, 3.05) is 0 Å². The van der Waals surface area contributed by atoms with E-state index in [1.165, 1.54) is 0 Å². The number of benzene rings is 1. The van der Waals surface area contributed by atoms with Gasteiger partial charge in [0.05, 0.1) is 5.92 Å². The molecule has 0 aliphatic heterocycles. The van der Waals surface area contributed by atoms with Gasteiger partial charge in [-0.2, -0.15) is 0 Å². The first-order valence-corrected chi connectivity index (χ1v) is 6.76. The minimum absolute atomic E-state index is 0.209. The van der Waals surface area contributed by atoms with Crippen molar-refractivity contribution in [3.63, 3.8) is 0 Å². The molecule has 1 aliphatic rings. The van der Waals surface area contributed by atoms with Crippen LogP contribution < -0.4 is 5.32 Å². The van der Waals surface area contributed by atoms with Crippen LogP contribution in [0.25, 0.3) is 10.9 Å². The maximum Gasteiger partial charge on any atom is 0.308 e. The summed E-state index contributed by atoms with van der Waals surface area (Å²) in [5.41, 5.74) is 1.45. The monoisotopic (exact) mass is 272 g/mol. The molecule has 2 aromatic rings. The molecule has 1 saturated carbocycles. The van der Waals surface area contributed by atoms with Crippen molar-refractivity contribution in [2.24, 2.45) is 5.92 Å².